The van der Waals surface area contributed by atoms with E-state index in [0.29, 0.717) is 6.42 Å². The van der Waals surface area contributed by atoms with Gasteiger partial charge in [-0.15, -0.1) is 0 Å². The highest BCUT2D eigenvalue weighted by molar-refractivity contribution is 14.2. The van der Waals surface area contributed by atoms with E-state index in [2.05, 4.69) is 18.2 Å². The van der Waals surface area contributed by atoms with Crippen LogP contribution in [0.5, 0.6) is 0 Å². The highest BCUT2D eigenvalue weighted by Gasteiger charge is 2.14. The average Bonchev–Trinajstić information content (AvgIpc) is 2.38. The predicted molar refractivity (Wildman–Crippen MR) is 82.2 cm³/mol. The summed E-state index contributed by atoms with van der Waals surface area (Å²) >= 11 is 1.98. The van der Waals surface area contributed by atoms with Gasteiger partial charge in [-0.25, -0.2) is 0 Å². The van der Waals surface area contributed by atoms with Crippen LogP contribution in [0.4, 0.5) is 0 Å². The SMILES string of the molecule is N[C@@H](Cc1cccc2ccccc12)C(=O)SI. The van der Waals surface area contributed by atoms with Crippen molar-refractivity contribution < 1.29 is 4.79 Å². The summed E-state index contributed by atoms with van der Waals surface area (Å²) in [5, 5.41) is 2.39. The molecule has 2 aromatic carbocycles. The van der Waals surface area contributed by atoms with Gasteiger partial charge >= 0.3 is 0 Å². The molecule has 4 heteroatoms. The third-order valence-corrected chi connectivity index (χ3v) is 4.46. The molecule has 17 heavy (non-hydrogen) atoms. The zero-order valence-electron chi connectivity index (χ0n) is 9.10. The molecule has 0 radical (unpaired) electrons. The first-order chi connectivity index (χ1) is 8.22. The number of halogens is 1. The van der Waals surface area contributed by atoms with Gasteiger partial charge in [-0.05, 0) is 31.7 Å². The van der Waals surface area contributed by atoms with Crippen LogP contribution in [0.1, 0.15) is 5.56 Å². The molecule has 0 saturated carbocycles. The molecule has 88 valence electrons. The van der Waals surface area contributed by atoms with Gasteiger partial charge in [0.05, 0.1) is 6.04 Å². The molecule has 0 heterocycles. The Morgan fingerprint density at radius 2 is 1.94 bits per heavy atom. The third-order valence-electron chi connectivity index (χ3n) is 2.70. The summed E-state index contributed by atoms with van der Waals surface area (Å²) in [5.41, 5.74) is 7.01. The number of rotatable bonds is 3. The van der Waals surface area contributed by atoms with Gasteiger partial charge in [-0.3, -0.25) is 4.79 Å². The molecule has 0 aromatic heterocycles. The third kappa shape index (κ3) is 3.00. The number of hydrogen-bond acceptors (Lipinski definition) is 3. The van der Waals surface area contributed by atoms with E-state index < -0.39 is 6.04 Å². The number of hydrogen-bond donors (Lipinski definition) is 1. The van der Waals surface area contributed by atoms with Crippen LogP contribution in [0.25, 0.3) is 10.8 Å². The molecule has 2 aromatic rings. The normalized spacial score (nSPS) is 12.6. The van der Waals surface area contributed by atoms with E-state index in [1.165, 1.54) is 10.8 Å². The average molecular weight is 357 g/mol. The zero-order valence-corrected chi connectivity index (χ0v) is 12.1. The maximum atomic E-state index is 11.5. The van der Waals surface area contributed by atoms with E-state index >= 15 is 0 Å². The Morgan fingerprint density at radius 3 is 2.71 bits per heavy atom. The summed E-state index contributed by atoms with van der Waals surface area (Å²) in [7, 11) is 1.16. The van der Waals surface area contributed by atoms with Crippen molar-refractivity contribution in [1.29, 1.82) is 0 Å². The molecule has 0 aliphatic heterocycles. The number of benzene rings is 2. The maximum absolute atomic E-state index is 11.5. The largest absolute Gasteiger partial charge is 0.320 e. The fourth-order valence-corrected chi connectivity index (χ4v) is 3.03. The molecule has 0 unspecified atom stereocenters. The summed E-state index contributed by atoms with van der Waals surface area (Å²) < 4.78 is 0. The molecule has 1 atom stereocenters. The number of carbonyl (C=O) groups excluding carboxylic acids is 1. The van der Waals surface area contributed by atoms with Crippen molar-refractivity contribution in [3.8, 4) is 0 Å². The van der Waals surface area contributed by atoms with Gasteiger partial charge in [0.2, 0.25) is 5.12 Å². The summed E-state index contributed by atoms with van der Waals surface area (Å²) in [6.07, 6.45) is 0.593. The molecular weight excluding hydrogens is 345 g/mol. The molecular formula is C13H12INOS. The van der Waals surface area contributed by atoms with Crippen molar-refractivity contribution in [1.82, 2.24) is 0 Å². The quantitative estimate of drug-likeness (QED) is 0.857. The molecule has 0 aliphatic rings. The smallest absolute Gasteiger partial charge is 0.216 e. The van der Waals surface area contributed by atoms with E-state index in [0.717, 1.165) is 14.5 Å². The Hall–Kier alpha value is -0.590. The first-order valence-corrected chi connectivity index (χ1v) is 8.63. The molecule has 2 rings (SSSR count). The second kappa shape index (κ2) is 5.84. The summed E-state index contributed by atoms with van der Waals surface area (Å²) in [5.74, 6) is 0. The molecule has 0 saturated heterocycles. The Bertz CT molecular complexity index is 538. The van der Waals surface area contributed by atoms with E-state index in [4.69, 9.17) is 5.73 Å². The number of carbonyl (C=O) groups is 1. The fraction of sp³-hybridized carbons (Fsp3) is 0.154. The molecule has 0 amide bonds. The molecule has 2 N–H and O–H groups in total. The molecule has 0 fully saturated rings. The van der Waals surface area contributed by atoms with Crippen molar-refractivity contribution in [2.45, 2.75) is 12.5 Å². The van der Waals surface area contributed by atoms with Crippen molar-refractivity contribution in [3.05, 3.63) is 48.0 Å². The van der Waals surface area contributed by atoms with Crippen molar-refractivity contribution in [2.75, 3.05) is 0 Å². The van der Waals surface area contributed by atoms with Gasteiger partial charge in [0, 0.05) is 21.2 Å². The lowest BCUT2D eigenvalue weighted by molar-refractivity contribution is -0.111. The second-order valence-corrected chi connectivity index (χ2v) is 5.72. The monoisotopic (exact) mass is 357 g/mol. The predicted octanol–water partition coefficient (Wildman–Crippen LogP) is 3.32. The van der Waals surface area contributed by atoms with Crippen LogP contribution < -0.4 is 5.73 Å². The minimum atomic E-state index is -0.428. The fourth-order valence-electron chi connectivity index (χ4n) is 1.85. The standard InChI is InChI=1S/C13H12INOS/c14-17-13(16)12(15)8-10-6-3-5-9-4-1-2-7-11(9)10/h1-7,12H,8,15H2/t12-/m0/s1. The zero-order chi connectivity index (χ0) is 12.3. The molecule has 0 spiro atoms. The van der Waals surface area contributed by atoms with Crippen LogP contribution in [0.15, 0.2) is 42.5 Å². The molecule has 0 bridgehead atoms. The van der Waals surface area contributed by atoms with E-state index in [1.807, 2.05) is 45.5 Å². The van der Waals surface area contributed by atoms with Gasteiger partial charge in [0.1, 0.15) is 0 Å². The lowest BCUT2D eigenvalue weighted by atomic mass is 9.99. The van der Waals surface area contributed by atoms with Crippen LogP contribution in [0.2, 0.25) is 0 Å². The first kappa shape index (κ1) is 12.9. The van der Waals surface area contributed by atoms with Gasteiger partial charge in [0.25, 0.3) is 0 Å². The van der Waals surface area contributed by atoms with Crippen LogP contribution in [-0.4, -0.2) is 11.2 Å². The van der Waals surface area contributed by atoms with Crippen molar-refractivity contribution in [3.63, 3.8) is 0 Å². The van der Waals surface area contributed by atoms with Gasteiger partial charge in [0.15, 0.2) is 0 Å². The Kier molecular flexibility index (Phi) is 4.42. The van der Waals surface area contributed by atoms with Crippen LogP contribution >= 0.6 is 30.1 Å². The van der Waals surface area contributed by atoms with E-state index in [-0.39, 0.29) is 5.12 Å². The van der Waals surface area contributed by atoms with Gasteiger partial charge < -0.3 is 5.73 Å². The van der Waals surface area contributed by atoms with E-state index in [9.17, 15) is 4.79 Å². The van der Waals surface area contributed by atoms with Crippen LogP contribution in [0.3, 0.4) is 0 Å². The molecule has 0 aliphatic carbocycles. The minimum Gasteiger partial charge on any atom is -0.320 e. The van der Waals surface area contributed by atoms with Crippen LogP contribution in [-0.2, 0) is 11.2 Å². The van der Waals surface area contributed by atoms with Crippen molar-refractivity contribution in [2.24, 2.45) is 5.73 Å². The summed E-state index contributed by atoms with van der Waals surface area (Å²) in [6.45, 7) is 0. The Labute approximate surface area is 117 Å². The second-order valence-electron chi connectivity index (χ2n) is 3.85. The molecule has 2 nitrogen and oxygen atoms in total. The van der Waals surface area contributed by atoms with Gasteiger partial charge in [-0.2, -0.15) is 0 Å². The van der Waals surface area contributed by atoms with Gasteiger partial charge in [-0.1, -0.05) is 42.5 Å². The Balaban J connectivity index is 2.33. The first-order valence-electron chi connectivity index (χ1n) is 5.27. The van der Waals surface area contributed by atoms with Crippen LogP contribution in [0, 0.1) is 0 Å². The topological polar surface area (TPSA) is 43.1 Å². The number of fused-ring (bicyclic) bond motifs is 1. The highest BCUT2D eigenvalue weighted by Crippen LogP contribution is 2.21. The number of nitrogens with two attached hydrogens (primary N) is 1. The maximum Gasteiger partial charge on any atom is 0.216 e. The minimum absolute atomic E-state index is 0.0264. The summed E-state index contributed by atoms with van der Waals surface area (Å²) in [6, 6.07) is 13.8. The summed E-state index contributed by atoms with van der Waals surface area (Å²) in [4.78, 5) is 11.5. The van der Waals surface area contributed by atoms with E-state index in [1.54, 1.807) is 0 Å². The lowest BCUT2D eigenvalue weighted by Crippen LogP contribution is -2.30. The highest BCUT2D eigenvalue weighted by atomic mass is 127. The van der Waals surface area contributed by atoms with Crippen molar-refractivity contribution >= 4 is 46.0 Å². The lowest BCUT2D eigenvalue weighted by Gasteiger charge is -2.10. The Morgan fingerprint density at radius 1 is 1.24 bits per heavy atom.